The van der Waals surface area contributed by atoms with Crippen LogP contribution in [0.3, 0.4) is 0 Å². The number of carbonyl (C=O) groups excluding carboxylic acids is 1. The molecule has 0 aromatic heterocycles. The zero-order chi connectivity index (χ0) is 13.0. The van der Waals surface area contributed by atoms with Gasteiger partial charge < -0.3 is 4.90 Å². The Balaban J connectivity index is 2.82. The lowest BCUT2D eigenvalue weighted by molar-refractivity contribution is 0.0785. The summed E-state index contributed by atoms with van der Waals surface area (Å²) in [6, 6.07) is 6.33. The van der Waals surface area contributed by atoms with E-state index in [2.05, 4.69) is 6.07 Å². The topological polar surface area (TPSA) is 44.1 Å². The number of hydrogen-bond acceptors (Lipinski definition) is 2. The van der Waals surface area contributed by atoms with Gasteiger partial charge in [-0.1, -0.05) is 0 Å². The number of halogens is 1. The van der Waals surface area contributed by atoms with E-state index in [9.17, 15) is 9.18 Å². The van der Waals surface area contributed by atoms with Crippen LogP contribution < -0.4 is 0 Å². The van der Waals surface area contributed by atoms with Crippen LogP contribution in [0, 0.1) is 30.0 Å². The van der Waals surface area contributed by atoms with Crippen molar-refractivity contribution in [2.45, 2.75) is 13.8 Å². The number of rotatable bonds is 3. The number of amides is 1. The molecule has 0 aliphatic heterocycles. The molecule has 1 amide bonds. The predicted molar refractivity (Wildman–Crippen MR) is 62.9 cm³/mol. The van der Waals surface area contributed by atoms with Crippen molar-refractivity contribution in [1.82, 2.24) is 4.90 Å². The maximum absolute atomic E-state index is 13.1. The Morgan fingerprint density at radius 3 is 2.76 bits per heavy atom. The van der Waals surface area contributed by atoms with Crippen molar-refractivity contribution in [1.29, 1.82) is 5.26 Å². The standard InChI is InChI=1S/C13H15FN2O/c1-9(7-15)8-16(3)13(17)11-4-5-12(14)10(2)6-11/h4-6,9H,8H2,1-3H3. The van der Waals surface area contributed by atoms with Crippen molar-refractivity contribution in [3.05, 3.63) is 35.1 Å². The summed E-state index contributed by atoms with van der Waals surface area (Å²) in [6.45, 7) is 3.73. The third-order valence-corrected chi connectivity index (χ3v) is 2.52. The van der Waals surface area contributed by atoms with Gasteiger partial charge in [0.2, 0.25) is 0 Å². The van der Waals surface area contributed by atoms with Crippen molar-refractivity contribution in [3.63, 3.8) is 0 Å². The molecule has 1 aromatic rings. The second kappa shape index (κ2) is 5.44. The van der Waals surface area contributed by atoms with Crippen LogP contribution in [0.15, 0.2) is 18.2 Å². The summed E-state index contributed by atoms with van der Waals surface area (Å²) in [4.78, 5) is 13.4. The zero-order valence-corrected chi connectivity index (χ0v) is 10.2. The molecule has 0 heterocycles. The fraction of sp³-hybridized carbons (Fsp3) is 0.385. The molecule has 0 spiro atoms. The Bertz CT molecular complexity index is 465. The molecule has 0 saturated heterocycles. The van der Waals surface area contributed by atoms with Gasteiger partial charge in [-0.2, -0.15) is 5.26 Å². The van der Waals surface area contributed by atoms with Crippen LogP contribution in [0.25, 0.3) is 0 Å². The number of carbonyl (C=O) groups is 1. The molecule has 0 aliphatic carbocycles. The molecular weight excluding hydrogens is 219 g/mol. The Labute approximate surface area is 100 Å². The van der Waals surface area contributed by atoms with Crippen molar-refractivity contribution < 1.29 is 9.18 Å². The molecular formula is C13H15FN2O. The van der Waals surface area contributed by atoms with Gasteiger partial charge in [0.05, 0.1) is 12.0 Å². The normalized spacial score (nSPS) is 11.7. The van der Waals surface area contributed by atoms with Gasteiger partial charge in [-0.05, 0) is 37.6 Å². The second-order valence-electron chi connectivity index (χ2n) is 4.18. The Kier molecular flexibility index (Phi) is 4.22. The number of nitriles is 1. The Morgan fingerprint density at radius 1 is 1.59 bits per heavy atom. The van der Waals surface area contributed by atoms with Gasteiger partial charge in [-0.15, -0.1) is 0 Å². The smallest absolute Gasteiger partial charge is 0.253 e. The second-order valence-corrected chi connectivity index (χ2v) is 4.18. The minimum Gasteiger partial charge on any atom is -0.340 e. The molecule has 17 heavy (non-hydrogen) atoms. The summed E-state index contributed by atoms with van der Waals surface area (Å²) >= 11 is 0. The van der Waals surface area contributed by atoms with Crippen LogP contribution in [0.2, 0.25) is 0 Å². The molecule has 90 valence electrons. The largest absolute Gasteiger partial charge is 0.340 e. The van der Waals surface area contributed by atoms with E-state index < -0.39 is 0 Å². The minimum atomic E-state index is -0.324. The molecule has 1 atom stereocenters. The lowest BCUT2D eigenvalue weighted by Crippen LogP contribution is -2.30. The summed E-state index contributed by atoms with van der Waals surface area (Å²) in [6.07, 6.45) is 0. The highest BCUT2D eigenvalue weighted by molar-refractivity contribution is 5.94. The maximum Gasteiger partial charge on any atom is 0.253 e. The molecule has 0 saturated carbocycles. The fourth-order valence-electron chi connectivity index (χ4n) is 1.53. The van der Waals surface area contributed by atoms with E-state index in [0.717, 1.165) is 0 Å². The summed E-state index contributed by atoms with van der Waals surface area (Å²) < 4.78 is 13.1. The van der Waals surface area contributed by atoms with Crippen LogP contribution in [0.5, 0.6) is 0 Å². The molecule has 0 fully saturated rings. The van der Waals surface area contributed by atoms with E-state index in [0.29, 0.717) is 17.7 Å². The van der Waals surface area contributed by atoms with Crippen LogP contribution >= 0.6 is 0 Å². The predicted octanol–water partition coefficient (Wildman–Crippen LogP) is 2.37. The van der Waals surface area contributed by atoms with Gasteiger partial charge >= 0.3 is 0 Å². The molecule has 1 aromatic carbocycles. The first-order valence-corrected chi connectivity index (χ1v) is 5.37. The van der Waals surface area contributed by atoms with Gasteiger partial charge in [-0.25, -0.2) is 4.39 Å². The Hall–Kier alpha value is -1.89. The number of hydrogen-bond donors (Lipinski definition) is 0. The van der Waals surface area contributed by atoms with Crippen LogP contribution in [0.4, 0.5) is 4.39 Å². The first-order chi connectivity index (χ1) is 7.95. The third kappa shape index (κ3) is 3.28. The first kappa shape index (κ1) is 13.2. The monoisotopic (exact) mass is 234 g/mol. The zero-order valence-electron chi connectivity index (χ0n) is 10.2. The van der Waals surface area contributed by atoms with E-state index in [1.165, 1.54) is 23.1 Å². The number of benzene rings is 1. The van der Waals surface area contributed by atoms with Crippen molar-refractivity contribution in [2.75, 3.05) is 13.6 Å². The van der Waals surface area contributed by atoms with Crippen LogP contribution in [0.1, 0.15) is 22.8 Å². The van der Waals surface area contributed by atoms with Crippen molar-refractivity contribution >= 4 is 5.91 Å². The average molecular weight is 234 g/mol. The lowest BCUT2D eigenvalue weighted by atomic mass is 10.1. The molecule has 0 aliphatic rings. The van der Waals surface area contributed by atoms with E-state index >= 15 is 0 Å². The highest BCUT2D eigenvalue weighted by Crippen LogP contribution is 2.11. The SMILES string of the molecule is Cc1cc(C(=O)N(C)CC(C)C#N)ccc1F. The van der Waals surface area contributed by atoms with Crippen LogP contribution in [-0.4, -0.2) is 24.4 Å². The fourth-order valence-corrected chi connectivity index (χ4v) is 1.53. The van der Waals surface area contributed by atoms with E-state index in [1.54, 1.807) is 20.9 Å². The molecule has 4 heteroatoms. The van der Waals surface area contributed by atoms with Gasteiger partial charge in [0.1, 0.15) is 5.82 Å². The molecule has 0 radical (unpaired) electrons. The van der Waals surface area contributed by atoms with Gasteiger partial charge in [0.15, 0.2) is 0 Å². The van der Waals surface area contributed by atoms with Crippen LogP contribution in [-0.2, 0) is 0 Å². The van der Waals surface area contributed by atoms with Crippen molar-refractivity contribution in [3.8, 4) is 6.07 Å². The molecule has 0 N–H and O–H groups in total. The van der Waals surface area contributed by atoms with Gasteiger partial charge in [0.25, 0.3) is 5.91 Å². The first-order valence-electron chi connectivity index (χ1n) is 5.37. The minimum absolute atomic E-state index is 0.199. The highest BCUT2D eigenvalue weighted by Gasteiger charge is 2.14. The summed E-state index contributed by atoms with van der Waals surface area (Å²) in [5.41, 5.74) is 0.883. The maximum atomic E-state index is 13.1. The lowest BCUT2D eigenvalue weighted by Gasteiger charge is -2.18. The van der Waals surface area contributed by atoms with Crippen molar-refractivity contribution in [2.24, 2.45) is 5.92 Å². The van der Waals surface area contributed by atoms with Gasteiger partial charge in [-0.3, -0.25) is 4.79 Å². The number of aryl methyl sites for hydroxylation is 1. The summed E-state index contributed by atoms with van der Waals surface area (Å²) in [5, 5.41) is 8.68. The third-order valence-electron chi connectivity index (χ3n) is 2.52. The number of nitrogens with zero attached hydrogens (tertiary/aromatic N) is 2. The molecule has 1 unspecified atom stereocenters. The quantitative estimate of drug-likeness (QED) is 0.805. The Morgan fingerprint density at radius 2 is 2.24 bits per heavy atom. The summed E-state index contributed by atoms with van der Waals surface area (Å²) in [5.74, 6) is -0.740. The van der Waals surface area contributed by atoms with E-state index in [1.807, 2.05) is 0 Å². The molecule has 3 nitrogen and oxygen atoms in total. The van der Waals surface area contributed by atoms with E-state index in [-0.39, 0.29) is 17.6 Å². The average Bonchev–Trinajstić information content (AvgIpc) is 2.31. The van der Waals surface area contributed by atoms with Gasteiger partial charge in [0, 0.05) is 19.2 Å². The highest BCUT2D eigenvalue weighted by atomic mass is 19.1. The molecule has 0 bridgehead atoms. The molecule has 1 rings (SSSR count). The summed E-state index contributed by atoms with van der Waals surface area (Å²) in [7, 11) is 1.63. The van der Waals surface area contributed by atoms with E-state index in [4.69, 9.17) is 5.26 Å².